The Balaban J connectivity index is 1.44. The van der Waals surface area contributed by atoms with Gasteiger partial charge >= 0.3 is 0 Å². The number of hydrogen-bond acceptors (Lipinski definition) is 4. The molecule has 0 bridgehead atoms. The Morgan fingerprint density at radius 3 is 2.45 bits per heavy atom. The lowest BCUT2D eigenvalue weighted by Gasteiger charge is -2.38. The van der Waals surface area contributed by atoms with Crippen LogP contribution < -0.4 is 0 Å². The van der Waals surface area contributed by atoms with E-state index in [1.54, 1.807) is 29.3 Å². The van der Waals surface area contributed by atoms with Gasteiger partial charge in [0.1, 0.15) is 11.4 Å². The van der Waals surface area contributed by atoms with Gasteiger partial charge in [-0.25, -0.2) is 0 Å². The Bertz CT molecular complexity index is 1220. The van der Waals surface area contributed by atoms with E-state index in [-0.39, 0.29) is 18.2 Å². The summed E-state index contributed by atoms with van der Waals surface area (Å²) in [7, 11) is 0. The molecule has 5 nitrogen and oxygen atoms in total. The van der Waals surface area contributed by atoms with Crippen LogP contribution in [-0.4, -0.2) is 39.5 Å². The molecule has 3 aromatic rings. The molecule has 6 heteroatoms. The number of pyridine rings is 1. The van der Waals surface area contributed by atoms with Crippen molar-refractivity contribution in [1.29, 1.82) is 0 Å². The Hall–Kier alpha value is -3.31. The first-order valence-electron chi connectivity index (χ1n) is 11.3. The third-order valence-electron chi connectivity index (χ3n) is 6.49. The minimum atomic E-state index is -0.640. The van der Waals surface area contributed by atoms with Gasteiger partial charge in [0.05, 0.1) is 12.2 Å². The Kier molecular flexibility index (Phi) is 5.81. The van der Waals surface area contributed by atoms with Crippen LogP contribution in [0.5, 0.6) is 0 Å². The number of hydrogen-bond donors (Lipinski definition) is 0. The molecule has 0 N–H and O–H groups in total. The van der Waals surface area contributed by atoms with Crippen LogP contribution in [0.15, 0.2) is 77.9 Å². The zero-order chi connectivity index (χ0) is 22.8. The lowest BCUT2D eigenvalue weighted by atomic mass is 9.88. The van der Waals surface area contributed by atoms with E-state index in [9.17, 15) is 9.59 Å². The van der Waals surface area contributed by atoms with E-state index < -0.39 is 5.66 Å². The molecule has 0 radical (unpaired) electrons. The summed E-state index contributed by atoms with van der Waals surface area (Å²) < 4.78 is 0. The van der Waals surface area contributed by atoms with Crippen LogP contribution in [0.2, 0.25) is 5.02 Å². The number of benzene rings is 2. The molecule has 2 aliphatic rings. The number of Topliss-reactive ketones (excluding diaryl/α,β-unsaturated/α-hetero) is 1. The molecular weight excluding hydrogens is 434 g/mol. The van der Waals surface area contributed by atoms with Gasteiger partial charge in [-0.1, -0.05) is 54.4 Å². The number of aromatic nitrogens is 1. The van der Waals surface area contributed by atoms with Gasteiger partial charge in [0.15, 0.2) is 5.78 Å². The van der Waals surface area contributed by atoms with E-state index in [1.165, 1.54) is 0 Å². The standard InChI is InChI=1S/C27H24ClN3O2/c28-22-12-10-19(11-13-22)25-26(33)31(27(30-25)14-3-1-4-15-27)18-24(32)21-8-6-7-20(17-21)23-9-2-5-16-29-23/h2,5-13,16-17H,1,3-4,14-15,18H2. The highest BCUT2D eigenvalue weighted by Crippen LogP contribution is 2.40. The molecule has 1 amide bonds. The summed E-state index contributed by atoms with van der Waals surface area (Å²) in [5, 5.41) is 0.608. The summed E-state index contributed by atoms with van der Waals surface area (Å²) in [6.07, 6.45) is 6.38. The van der Waals surface area contributed by atoms with E-state index >= 15 is 0 Å². The van der Waals surface area contributed by atoms with Gasteiger partial charge in [-0.3, -0.25) is 19.6 Å². The number of carbonyl (C=O) groups excluding carboxylic acids is 2. The molecule has 0 atom stereocenters. The van der Waals surface area contributed by atoms with E-state index in [0.717, 1.165) is 48.9 Å². The fourth-order valence-electron chi connectivity index (χ4n) is 4.77. The van der Waals surface area contributed by atoms with Crippen LogP contribution >= 0.6 is 11.6 Å². The van der Waals surface area contributed by atoms with Gasteiger partial charge in [-0.15, -0.1) is 0 Å². The summed E-state index contributed by atoms with van der Waals surface area (Å²) in [6, 6.07) is 20.3. The highest BCUT2D eigenvalue weighted by Gasteiger charge is 2.48. The monoisotopic (exact) mass is 457 g/mol. The number of carbonyl (C=O) groups is 2. The van der Waals surface area contributed by atoms with Crippen molar-refractivity contribution in [3.05, 3.63) is 89.1 Å². The molecule has 1 aromatic heterocycles. The van der Waals surface area contributed by atoms with Gasteiger partial charge in [0, 0.05) is 27.9 Å². The smallest absolute Gasteiger partial charge is 0.275 e. The second-order valence-electron chi connectivity index (χ2n) is 8.62. The largest absolute Gasteiger partial charge is 0.305 e. The summed E-state index contributed by atoms with van der Waals surface area (Å²) >= 11 is 6.03. The van der Waals surface area contributed by atoms with Crippen LogP contribution in [0.3, 0.4) is 0 Å². The minimum absolute atomic E-state index is 0.00505. The fraction of sp³-hybridized carbons (Fsp3) is 0.259. The maximum Gasteiger partial charge on any atom is 0.275 e. The van der Waals surface area contributed by atoms with Gasteiger partial charge in [-0.2, -0.15) is 0 Å². The Morgan fingerprint density at radius 1 is 0.939 bits per heavy atom. The van der Waals surface area contributed by atoms with Crippen molar-refractivity contribution in [3.63, 3.8) is 0 Å². The first-order valence-corrected chi connectivity index (χ1v) is 11.7. The zero-order valence-electron chi connectivity index (χ0n) is 18.2. The second-order valence-corrected chi connectivity index (χ2v) is 9.06. The normalized spacial score (nSPS) is 17.3. The Morgan fingerprint density at radius 2 is 1.73 bits per heavy atom. The highest BCUT2D eigenvalue weighted by atomic mass is 35.5. The molecule has 5 rings (SSSR count). The summed E-state index contributed by atoms with van der Waals surface area (Å²) in [5.74, 6) is -0.285. The maximum absolute atomic E-state index is 13.5. The molecule has 0 saturated heterocycles. The SMILES string of the molecule is O=C(CN1C(=O)C(c2ccc(Cl)cc2)=NC12CCCCC2)c1cccc(-c2ccccn2)c1. The third-order valence-corrected chi connectivity index (χ3v) is 6.74. The molecular formula is C27H24ClN3O2. The minimum Gasteiger partial charge on any atom is -0.305 e. The van der Waals surface area contributed by atoms with Crippen molar-refractivity contribution in [3.8, 4) is 11.3 Å². The summed E-state index contributed by atoms with van der Waals surface area (Å²) in [4.78, 5) is 37.9. The van der Waals surface area contributed by atoms with Crippen LogP contribution in [-0.2, 0) is 4.79 Å². The van der Waals surface area contributed by atoms with Gasteiger partial charge in [0.2, 0.25) is 0 Å². The quantitative estimate of drug-likeness (QED) is 0.470. The van der Waals surface area contributed by atoms with Crippen LogP contribution in [0.25, 0.3) is 11.3 Å². The maximum atomic E-state index is 13.5. The van der Waals surface area contributed by atoms with Crippen LogP contribution in [0.1, 0.15) is 48.0 Å². The van der Waals surface area contributed by atoms with Crippen molar-refractivity contribution in [2.24, 2.45) is 4.99 Å². The molecule has 1 aliphatic carbocycles. The highest BCUT2D eigenvalue weighted by molar-refractivity contribution is 6.47. The number of amides is 1. The lowest BCUT2D eigenvalue weighted by molar-refractivity contribution is -0.128. The second kappa shape index (κ2) is 8.91. The van der Waals surface area contributed by atoms with Gasteiger partial charge in [-0.05, 0) is 56.0 Å². The third kappa shape index (κ3) is 4.21. The molecule has 1 saturated carbocycles. The van der Waals surface area contributed by atoms with Crippen molar-refractivity contribution in [2.45, 2.75) is 37.8 Å². The van der Waals surface area contributed by atoms with E-state index in [2.05, 4.69) is 4.98 Å². The Labute approximate surface area is 198 Å². The van der Waals surface area contributed by atoms with Gasteiger partial charge in [0.25, 0.3) is 5.91 Å². The first kappa shape index (κ1) is 21.5. The topological polar surface area (TPSA) is 62.6 Å². The molecule has 1 aliphatic heterocycles. The first-order chi connectivity index (χ1) is 16.1. The predicted molar refractivity (Wildman–Crippen MR) is 130 cm³/mol. The van der Waals surface area contributed by atoms with Crippen molar-refractivity contribution in [1.82, 2.24) is 9.88 Å². The van der Waals surface area contributed by atoms with Crippen molar-refractivity contribution < 1.29 is 9.59 Å². The summed E-state index contributed by atoms with van der Waals surface area (Å²) in [6.45, 7) is 0.00505. The van der Waals surface area contributed by atoms with Crippen LogP contribution in [0, 0.1) is 0 Å². The molecule has 2 aromatic carbocycles. The van der Waals surface area contributed by atoms with Crippen LogP contribution in [0.4, 0.5) is 0 Å². The molecule has 33 heavy (non-hydrogen) atoms. The average Bonchev–Trinajstić information content (AvgIpc) is 3.11. The number of halogens is 1. The molecule has 1 spiro atoms. The molecule has 0 unspecified atom stereocenters. The number of nitrogens with zero attached hydrogens (tertiary/aromatic N) is 3. The number of aliphatic imine (C=N–C) groups is 1. The molecule has 2 heterocycles. The number of rotatable bonds is 5. The van der Waals surface area contributed by atoms with Gasteiger partial charge < -0.3 is 4.90 Å². The van der Waals surface area contributed by atoms with E-state index in [0.29, 0.717) is 16.3 Å². The zero-order valence-corrected chi connectivity index (χ0v) is 19.0. The predicted octanol–water partition coefficient (Wildman–Crippen LogP) is 5.58. The van der Waals surface area contributed by atoms with E-state index in [1.807, 2.05) is 48.5 Å². The summed E-state index contributed by atoms with van der Waals surface area (Å²) in [5.41, 5.74) is 2.77. The fourth-order valence-corrected chi connectivity index (χ4v) is 4.89. The van der Waals surface area contributed by atoms with Crippen molar-refractivity contribution in [2.75, 3.05) is 6.54 Å². The lowest BCUT2D eigenvalue weighted by Crippen LogP contribution is -2.50. The molecule has 166 valence electrons. The number of ketones is 1. The van der Waals surface area contributed by atoms with Crippen molar-refractivity contribution >= 4 is 29.0 Å². The van der Waals surface area contributed by atoms with E-state index in [4.69, 9.17) is 16.6 Å². The average molecular weight is 458 g/mol. The molecule has 1 fully saturated rings.